The van der Waals surface area contributed by atoms with Crippen molar-refractivity contribution in [2.24, 2.45) is 0 Å². The molecule has 0 aromatic carbocycles. The SMILES string of the molecule is OC1(O)CC#CC1. The summed E-state index contributed by atoms with van der Waals surface area (Å²) in [4.78, 5) is 0. The number of hydrogen-bond donors (Lipinski definition) is 2. The topological polar surface area (TPSA) is 40.5 Å². The molecule has 0 atom stereocenters. The molecule has 0 fully saturated rings. The first kappa shape index (κ1) is 4.63. The van der Waals surface area contributed by atoms with Crippen LogP contribution in [0.15, 0.2) is 0 Å². The summed E-state index contributed by atoms with van der Waals surface area (Å²) in [6.45, 7) is 0. The lowest BCUT2D eigenvalue weighted by Crippen LogP contribution is -2.23. The van der Waals surface area contributed by atoms with Crippen LogP contribution in [0, 0.1) is 11.8 Å². The molecule has 1 rings (SSSR count). The summed E-state index contributed by atoms with van der Waals surface area (Å²) in [5, 5.41) is 17.2. The summed E-state index contributed by atoms with van der Waals surface area (Å²) in [5.41, 5.74) is 0. The van der Waals surface area contributed by atoms with Crippen LogP contribution in [0.1, 0.15) is 12.8 Å². The zero-order valence-electron chi connectivity index (χ0n) is 3.81. The molecule has 0 heterocycles. The molecule has 0 unspecified atom stereocenters. The molecule has 7 heavy (non-hydrogen) atoms. The fraction of sp³-hybridized carbons (Fsp3) is 0.600. The second kappa shape index (κ2) is 1.22. The Hall–Kier alpha value is -0.520. The van der Waals surface area contributed by atoms with Crippen molar-refractivity contribution >= 4 is 0 Å². The van der Waals surface area contributed by atoms with Gasteiger partial charge in [-0.15, -0.1) is 0 Å². The summed E-state index contributed by atoms with van der Waals surface area (Å²) < 4.78 is 0. The van der Waals surface area contributed by atoms with E-state index in [1.54, 1.807) is 0 Å². The number of aliphatic hydroxyl groups is 2. The maximum Gasteiger partial charge on any atom is 0.185 e. The van der Waals surface area contributed by atoms with Gasteiger partial charge in [0.15, 0.2) is 5.79 Å². The van der Waals surface area contributed by atoms with Crippen LogP contribution in [-0.2, 0) is 0 Å². The zero-order chi connectivity index (χ0) is 5.33. The minimum Gasteiger partial charge on any atom is -0.364 e. The lowest BCUT2D eigenvalue weighted by atomic mass is 10.2. The van der Waals surface area contributed by atoms with Crippen molar-refractivity contribution in [3.63, 3.8) is 0 Å². The molecule has 1 aliphatic carbocycles. The number of hydrogen-bond acceptors (Lipinski definition) is 2. The summed E-state index contributed by atoms with van der Waals surface area (Å²) in [7, 11) is 0. The first-order valence-corrected chi connectivity index (χ1v) is 2.11. The van der Waals surface area contributed by atoms with Gasteiger partial charge in [-0.1, -0.05) is 11.8 Å². The molecule has 0 aliphatic heterocycles. The second-order valence-electron chi connectivity index (χ2n) is 1.69. The van der Waals surface area contributed by atoms with Crippen LogP contribution in [-0.4, -0.2) is 16.0 Å². The first-order valence-electron chi connectivity index (χ1n) is 2.11. The van der Waals surface area contributed by atoms with E-state index in [1.165, 1.54) is 0 Å². The van der Waals surface area contributed by atoms with Crippen LogP contribution < -0.4 is 0 Å². The van der Waals surface area contributed by atoms with E-state index in [0.29, 0.717) is 0 Å². The third kappa shape index (κ3) is 0.923. The Labute approximate surface area is 41.8 Å². The second-order valence-corrected chi connectivity index (χ2v) is 1.69. The van der Waals surface area contributed by atoms with Gasteiger partial charge >= 0.3 is 0 Å². The predicted octanol–water partition coefficient (Wildman–Crippen LogP) is -0.536. The molecule has 38 valence electrons. The average molecular weight is 98.1 g/mol. The Balaban J connectivity index is 2.53. The van der Waals surface area contributed by atoms with Gasteiger partial charge in [-0.3, -0.25) is 0 Å². The van der Waals surface area contributed by atoms with Gasteiger partial charge in [0.2, 0.25) is 0 Å². The quantitative estimate of drug-likeness (QED) is 0.315. The Morgan fingerprint density at radius 1 is 1.14 bits per heavy atom. The molecule has 2 nitrogen and oxygen atoms in total. The van der Waals surface area contributed by atoms with Crippen LogP contribution >= 0.6 is 0 Å². The van der Waals surface area contributed by atoms with Gasteiger partial charge in [0.25, 0.3) is 0 Å². The van der Waals surface area contributed by atoms with Crippen molar-refractivity contribution in [3.05, 3.63) is 0 Å². The normalized spacial score (nSPS) is 23.7. The van der Waals surface area contributed by atoms with Gasteiger partial charge in [-0.2, -0.15) is 0 Å². The molecule has 0 radical (unpaired) electrons. The molecule has 0 spiro atoms. The van der Waals surface area contributed by atoms with Crippen molar-refractivity contribution in [1.82, 2.24) is 0 Å². The summed E-state index contributed by atoms with van der Waals surface area (Å²) in [5.74, 6) is 3.60. The van der Waals surface area contributed by atoms with E-state index in [1.807, 2.05) is 0 Å². The minimum absolute atomic E-state index is 0.201. The fourth-order valence-corrected chi connectivity index (χ4v) is 0.471. The van der Waals surface area contributed by atoms with Crippen LogP contribution in [0.4, 0.5) is 0 Å². The summed E-state index contributed by atoms with van der Waals surface area (Å²) in [6.07, 6.45) is 0.403. The monoisotopic (exact) mass is 98.0 g/mol. The molecule has 0 bridgehead atoms. The molecule has 0 aromatic heterocycles. The van der Waals surface area contributed by atoms with E-state index in [2.05, 4.69) is 11.8 Å². The highest BCUT2D eigenvalue weighted by Crippen LogP contribution is 2.13. The summed E-state index contributed by atoms with van der Waals surface area (Å²) >= 11 is 0. The third-order valence-electron chi connectivity index (χ3n) is 0.868. The molecule has 0 saturated carbocycles. The highest BCUT2D eigenvalue weighted by Gasteiger charge is 2.22. The van der Waals surface area contributed by atoms with Crippen LogP contribution in [0.3, 0.4) is 0 Å². The van der Waals surface area contributed by atoms with Crippen LogP contribution in [0.25, 0.3) is 0 Å². The van der Waals surface area contributed by atoms with Crippen molar-refractivity contribution < 1.29 is 10.2 Å². The van der Waals surface area contributed by atoms with Crippen molar-refractivity contribution in [3.8, 4) is 11.8 Å². The molecule has 0 aromatic rings. The van der Waals surface area contributed by atoms with E-state index in [9.17, 15) is 0 Å². The predicted molar refractivity (Wildman–Crippen MR) is 24.2 cm³/mol. The minimum atomic E-state index is -1.53. The lowest BCUT2D eigenvalue weighted by Gasteiger charge is -2.10. The fourth-order valence-electron chi connectivity index (χ4n) is 0.471. The van der Waals surface area contributed by atoms with E-state index in [0.717, 1.165) is 0 Å². The average Bonchev–Trinajstić information content (AvgIpc) is 1.84. The number of rotatable bonds is 0. The molecule has 0 amide bonds. The van der Waals surface area contributed by atoms with Crippen LogP contribution in [0.2, 0.25) is 0 Å². The zero-order valence-corrected chi connectivity index (χ0v) is 3.81. The van der Waals surface area contributed by atoms with Crippen molar-refractivity contribution in [2.75, 3.05) is 0 Å². The van der Waals surface area contributed by atoms with E-state index in [4.69, 9.17) is 10.2 Å². The third-order valence-corrected chi connectivity index (χ3v) is 0.868. The van der Waals surface area contributed by atoms with Crippen LogP contribution in [0.5, 0.6) is 0 Å². The van der Waals surface area contributed by atoms with Gasteiger partial charge in [0, 0.05) is 0 Å². The molecular formula is C5H6O2. The van der Waals surface area contributed by atoms with E-state index < -0.39 is 5.79 Å². The molecule has 0 saturated heterocycles. The van der Waals surface area contributed by atoms with E-state index in [-0.39, 0.29) is 12.8 Å². The molecular weight excluding hydrogens is 92.1 g/mol. The van der Waals surface area contributed by atoms with Crippen molar-refractivity contribution in [2.45, 2.75) is 18.6 Å². The van der Waals surface area contributed by atoms with Gasteiger partial charge in [-0.25, -0.2) is 0 Å². The Bertz CT molecular complexity index is 115. The van der Waals surface area contributed by atoms with Gasteiger partial charge in [0.1, 0.15) is 0 Å². The highest BCUT2D eigenvalue weighted by molar-refractivity contribution is 5.11. The smallest absolute Gasteiger partial charge is 0.185 e. The maximum absolute atomic E-state index is 8.62. The Kier molecular flexibility index (Phi) is 0.810. The van der Waals surface area contributed by atoms with Gasteiger partial charge in [-0.05, 0) is 0 Å². The largest absolute Gasteiger partial charge is 0.364 e. The van der Waals surface area contributed by atoms with Crippen molar-refractivity contribution in [1.29, 1.82) is 0 Å². The molecule has 1 aliphatic rings. The lowest BCUT2D eigenvalue weighted by molar-refractivity contribution is -0.147. The van der Waals surface area contributed by atoms with Gasteiger partial charge in [0.05, 0.1) is 12.8 Å². The molecule has 2 heteroatoms. The maximum atomic E-state index is 8.62. The van der Waals surface area contributed by atoms with E-state index >= 15 is 0 Å². The molecule has 2 N–H and O–H groups in total. The highest BCUT2D eigenvalue weighted by atomic mass is 16.5. The Morgan fingerprint density at radius 3 is 1.71 bits per heavy atom. The first-order chi connectivity index (χ1) is 3.21. The van der Waals surface area contributed by atoms with Gasteiger partial charge < -0.3 is 10.2 Å². The Morgan fingerprint density at radius 2 is 1.57 bits per heavy atom. The standard InChI is InChI=1S/C5H6O2/c6-5(7)3-1-2-4-5/h6-7H,3-4H2. The summed E-state index contributed by atoms with van der Waals surface area (Å²) in [6, 6.07) is 0.